The predicted octanol–water partition coefficient (Wildman–Crippen LogP) is -0.0785. The Bertz CT molecular complexity index is 298. The van der Waals surface area contributed by atoms with Gasteiger partial charge in [0.1, 0.15) is 0 Å². The molecule has 1 saturated heterocycles. The number of aliphatic hydroxyl groups excluding tert-OH is 2. The van der Waals surface area contributed by atoms with Crippen LogP contribution in [0.1, 0.15) is 19.8 Å². The van der Waals surface area contributed by atoms with Crippen LogP contribution in [0.15, 0.2) is 11.6 Å². The number of cyclic esters (lactones) is 1. The summed E-state index contributed by atoms with van der Waals surface area (Å²) in [7, 11) is 0. The number of carbonyl (C=O) groups excluding carboxylic acids is 1. The van der Waals surface area contributed by atoms with E-state index >= 15 is 0 Å². The van der Waals surface area contributed by atoms with Crippen LogP contribution in [0.25, 0.3) is 0 Å². The largest absolute Gasteiger partial charge is 0.436 e. The Labute approximate surface area is 87.3 Å². The standard InChI is InChI=1S/C10H14O5/c1-5-2-3-7(14-9(5)12)6-4-8(11)15-10(6)13/h2,6-7,9-10,12-13H,3-4H2,1H3. The molecule has 0 spiro atoms. The molecule has 0 aromatic rings. The Hall–Kier alpha value is -0.910. The maximum Gasteiger partial charge on any atom is 0.308 e. The fraction of sp³-hybridized carbons (Fsp3) is 0.700. The van der Waals surface area contributed by atoms with E-state index in [2.05, 4.69) is 4.74 Å². The quantitative estimate of drug-likeness (QED) is 0.471. The number of esters is 1. The monoisotopic (exact) mass is 214 g/mol. The summed E-state index contributed by atoms with van der Waals surface area (Å²) in [5.74, 6) is -0.798. The van der Waals surface area contributed by atoms with Gasteiger partial charge in [-0.3, -0.25) is 4.79 Å². The lowest BCUT2D eigenvalue weighted by Gasteiger charge is -2.30. The van der Waals surface area contributed by atoms with Crippen molar-refractivity contribution in [3.05, 3.63) is 11.6 Å². The Morgan fingerprint density at radius 1 is 1.47 bits per heavy atom. The van der Waals surface area contributed by atoms with E-state index < -0.39 is 18.5 Å². The number of ether oxygens (including phenoxy) is 2. The van der Waals surface area contributed by atoms with Crippen LogP contribution in [0.2, 0.25) is 0 Å². The molecule has 0 saturated carbocycles. The highest BCUT2D eigenvalue weighted by Crippen LogP contribution is 2.31. The van der Waals surface area contributed by atoms with Gasteiger partial charge in [0.2, 0.25) is 6.29 Å². The Morgan fingerprint density at radius 3 is 2.73 bits per heavy atom. The number of hydrogen-bond acceptors (Lipinski definition) is 5. The van der Waals surface area contributed by atoms with Crippen LogP contribution in [-0.4, -0.2) is 34.9 Å². The first-order valence-electron chi connectivity index (χ1n) is 4.95. The van der Waals surface area contributed by atoms with Gasteiger partial charge in [-0.1, -0.05) is 6.08 Å². The van der Waals surface area contributed by atoms with Gasteiger partial charge in [0.15, 0.2) is 6.29 Å². The number of rotatable bonds is 1. The highest BCUT2D eigenvalue weighted by Gasteiger charge is 2.41. The lowest BCUT2D eigenvalue weighted by molar-refractivity contribution is -0.175. The molecule has 2 aliphatic rings. The first-order valence-corrected chi connectivity index (χ1v) is 4.95. The maximum atomic E-state index is 10.9. The van der Waals surface area contributed by atoms with E-state index in [1.165, 1.54) is 0 Å². The first kappa shape index (κ1) is 10.6. The van der Waals surface area contributed by atoms with Crippen molar-refractivity contribution in [3.8, 4) is 0 Å². The topological polar surface area (TPSA) is 76.0 Å². The van der Waals surface area contributed by atoms with Gasteiger partial charge in [-0.2, -0.15) is 0 Å². The molecule has 0 amide bonds. The van der Waals surface area contributed by atoms with Crippen molar-refractivity contribution in [2.75, 3.05) is 0 Å². The van der Waals surface area contributed by atoms with Crippen molar-refractivity contribution in [1.82, 2.24) is 0 Å². The zero-order chi connectivity index (χ0) is 11.0. The third-order valence-electron chi connectivity index (χ3n) is 2.86. The van der Waals surface area contributed by atoms with Gasteiger partial charge in [0, 0.05) is 0 Å². The summed E-state index contributed by atoms with van der Waals surface area (Å²) < 4.78 is 9.92. The van der Waals surface area contributed by atoms with Gasteiger partial charge in [-0.15, -0.1) is 0 Å². The van der Waals surface area contributed by atoms with Crippen LogP contribution in [0.4, 0.5) is 0 Å². The molecule has 2 aliphatic heterocycles. The molecule has 2 heterocycles. The Morgan fingerprint density at radius 2 is 2.20 bits per heavy atom. The van der Waals surface area contributed by atoms with Crippen LogP contribution < -0.4 is 0 Å². The molecule has 1 fully saturated rings. The third-order valence-corrected chi connectivity index (χ3v) is 2.86. The summed E-state index contributed by atoms with van der Waals surface area (Å²) in [5.41, 5.74) is 0.756. The van der Waals surface area contributed by atoms with E-state index in [4.69, 9.17) is 4.74 Å². The van der Waals surface area contributed by atoms with Gasteiger partial charge in [-0.25, -0.2) is 0 Å². The molecule has 4 atom stereocenters. The highest BCUT2D eigenvalue weighted by atomic mass is 16.7. The maximum absolute atomic E-state index is 10.9. The number of carbonyl (C=O) groups is 1. The summed E-state index contributed by atoms with van der Waals surface area (Å²) in [4.78, 5) is 10.9. The second-order valence-electron chi connectivity index (χ2n) is 3.96. The lowest BCUT2D eigenvalue weighted by Crippen LogP contribution is -2.36. The van der Waals surface area contributed by atoms with Gasteiger partial charge < -0.3 is 19.7 Å². The normalized spacial score (nSPS) is 41.3. The van der Waals surface area contributed by atoms with E-state index in [9.17, 15) is 15.0 Å². The van der Waals surface area contributed by atoms with Crippen molar-refractivity contribution >= 4 is 5.97 Å². The van der Waals surface area contributed by atoms with E-state index in [-0.39, 0.29) is 18.4 Å². The molecule has 84 valence electrons. The van der Waals surface area contributed by atoms with E-state index in [0.717, 1.165) is 5.57 Å². The molecular weight excluding hydrogens is 200 g/mol. The SMILES string of the molecule is CC1=CCC(C2CC(=O)OC2O)OC1O. The molecular formula is C10H14O5. The summed E-state index contributed by atoms with van der Waals surface area (Å²) in [6.45, 7) is 1.77. The molecule has 0 bridgehead atoms. The molecule has 0 aliphatic carbocycles. The van der Waals surface area contributed by atoms with E-state index in [0.29, 0.717) is 6.42 Å². The summed E-state index contributed by atoms with van der Waals surface area (Å²) in [6.07, 6.45) is 0.180. The van der Waals surface area contributed by atoms with Gasteiger partial charge in [0.25, 0.3) is 0 Å². The van der Waals surface area contributed by atoms with Crippen LogP contribution in [-0.2, 0) is 14.3 Å². The molecule has 0 radical (unpaired) electrons. The second kappa shape index (κ2) is 3.92. The molecule has 15 heavy (non-hydrogen) atoms. The first-order chi connectivity index (χ1) is 7.08. The van der Waals surface area contributed by atoms with Gasteiger partial charge in [-0.05, 0) is 18.9 Å². The van der Waals surface area contributed by atoms with Crippen LogP contribution in [0.3, 0.4) is 0 Å². The minimum Gasteiger partial charge on any atom is -0.436 e. The van der Waals surface area contributed by atoms with Crippen molar-refractivity contribution in [2.45, 2.75) is 38.4 Å². The molecule has 4 unspecified atom stereocenters. The number of aliphatic hydroxyl groups is 2. The second-order valence-corrected chi connectivity index (χ2v) is 3.96. The molecule has 2 rings (SSSR count). The van der Waals surface area contributed by atoms with E-state index in [1.807, 2.05) is 6.08 Å². The Balaban J connectivity index is 2.04. The summed E-state index contributed by atoms with van der Waals surface area (Å²) in [6, 6.07) is 0. The summed E-state index contributed by atoms with van der Waals surface area (Å²) >= 11 is 0. The van der Waals surface area contributed by atoms with Crippen molar-refractivity contribution in [3.63, 3.8) is 0 Å². The van der Waals surface area contributed by atoms with Crippen LogP contribution in [0, 0.1) is 5.92 Å². The average Bonchev–Trinajstić information content (AvgIpc) is 2.50. The average molecular weight is 214 g/mol. The van der Waals surface area contributed by atoms with Gasteiger partial charge >= 0.3 is 5.97 Å². The predicted molar refractivity (Wildman–Crippen MR) is 49.5 cm³/mol. The fourth-order valence-electron chi connectivity index (χ4n) is 1.89. The number of hydrogen-bond donors (Lipinski definition) is 2. The van der Waals surface area contributed by atoms with Crippen LogP contribution >= 0.6 is 0 Å². The molecule has 2 N–H and O–H groups in total. The smallest absolute Gasteiger partial charge is 0.308 e. The molecule has 5 heteroatoms. The third kappa shape index (κ3) is 2.04. The minimum absolute atomic E-state index is 0.144. The molecule has 0 aromatic heterocycles. The lowest BCUT2D eigenvalue weighted by atomic mass is 9.94. The fourth-order valence-corrected chi connectivity index (χ4v) is 1.89. The molecule has 5 nitrogen and oxygen atoms in total. The van der Waals surface area contributed by atoms with Crippen molar-refractivity contribution < 1.29 is 24.5 Å². The van der Waals surface area contributed by atoms with Crippen molar-refractivity contribution in [1.29, 1.82) is 0 Å². The van der Waals surface area contributed by atoms with Crippen molar-refractivity contribution in [2.24, 2.45) is 5.92 Å². The minimum atomic E-state index is -1.11. The zero-order valence-electron chi connectivity index (χ0n) is 8.42. The van der Waals surface area contributed by atoms with Gasteiger partial charge in [0.05, 0.1) is 18.4 Å². The Kier molecular flexibility index (Phi) is 2.77. The molecule has 0 aromatic carbocycles. The summed E-state index contributed by atoms with van der Waals surface area (Å²) in [5, 5.41) is 18.9. The van der Waals surface area contributed by atoms with E-state index in [1.54, 1.807) is 6.92 Å². The zero-order valence-corrected chi connectivity index (χ0v) is 8.42. The van der Waals surface area contributed by atoms with Crippen LogP contribution in [0.5, 0.6) is 0 Å². The highest BCUT2D eigenvalue weighted by molar-refractivity contribution is 5.71.